The van der Waals surface area contributed by atoms with Crippen molar-refractivity contribution in [3.8, 4) is 11.8 Å². The Balaban J connectivity index is 1.87. The first-order valence-electron chi connectivity index (χ1n) is 7.94. The molecule has 0 saturated heterocycles. The molecule has 1 unspecified atom stereocenters. The van der Waals surface area contributed by atoms with Crippen LogP contribution in [0.2, 0.25) is 0 Å². The summed E-state index contributed by atoms with van der Waals surface area (Å²) >= 11 is 0. The number of hydrogen-bond donors (Lipinski definition) is 1. The Bertz CT molecular complexity index is 1150. The molecule has 1 aromatic carbocycles. The lowest BCUT2D eigenvalue weighted by molar-refractivity contribution is 0.100. The van der Waals surface area contributed by atoms with Crippen LogP contribution in [0, 0.1) is 11.8 Å². The van der Waals surface area contributed by atoms with Gasteiger partial charge in [0.05, 0.1) is 15.3 Å². The highest BCUT2D eigenvalue weighted by Gasteiger charge is 2.11. The van der Waals surface area contributed by atoms with E-state index in [4.69, 9.17) is 5.73 Å². The number of nitrogens with two attached hydrogens (primary N) is 1. The molecule has 7 heteroatoms. The van der Waals surface area contributed by atoms with Gasteiger partial charge in [0, 0.05) is 40.9 Å². The normalized spacial score (nSPS) is 12.3. The Kier molecular flexibility index (Phi) is 5.29. The number of anilines is 1. The number of amides is 1. The molecule has 0 saturated carbocycles. The van der Waals surface area contributed by atoms with Crippen LogP contribution >= 0.6 is 0 Å². The summed E-state index contributed by atoms with van der Waals surface area (Å²) in [6.07, 6.45) is 5.91. The predicted molar refractivity (Wildman–Crippen MR) is 104 cm³/mol. The minimum Gasteiger partial charge on any atom is -0.384 e. The molecule has 0 radical (unpaired) electrons. The molecule has 0 aliphatic rings. The van der Waals surface area contributed by atoms with Gasteiger partial charge in [-0.15, -0.1) is 0 Å². The lowest BCUT2D eigenvalue weighted by Crippen LogP contribution is -2.04. The molecule has 3 rings (SSSR count). The zero-order valence-corrected chi connectivity index (χ0v) is 15.3. The van der Waals surface area contributed by atoms with Gasteiger partial charge in [0.1, 0.15) is 5.82 Å². The molecule has 0 spiro atoms. The fraction of sp³-hybridized carbons (Fsp3) is 0.0500. The van der Waals surface area contributed by atoms with E-state index in [2.05, 4.69) is 26.2 Å². The molecule has 3 aromatic rings. The lowest BCUT2D eigenvalue weighted by Gasteiger charge is -2.03. The van der Waals surface area contributed by atoms with E-state index in [-0.39, 0.29) is 5.56 Å². The molecule has 0 fully saturated rings. The molecular weight excluding hydrogens is 360 g/mol. The Hall–Kier alpha value is -3.50. The summed E-state index contributed by atoms with van der Waals surface area (Å²) in [4.78, 5) is 20.9. The van der Waals surface area contributed by atoms with Crippen LogP contribution in [0.15, 0.2) is 76.4 Å². The third-order valence-corrected chi connectivity index (χ3v) is 5.22. The van der Waals surface area contributed by atoms with Gasteiger partial charge in [-0.3, -0.25) is 9.78 Å². The van der Waals surface area contributed by atoms with Crippen molar-refractivity contribution in [2.24, 2.45) is 4.36 Å². The second-order valence-corrected chi connectivity index (χ2v) is 7.96. The highest BCUT2D eigenvalue weighted by atomic mass is 32.2. The monoisotopic (exact) mass is 376 g/mol. The Morgan fingerprint density at radius 1 is 1.04 bits per heavy atom. The van der Waals surface area contributed by atoms with Crippen molar-refractivity contribution >= 4 is 21.5 Å². The summed E-state index contributed by atoms with van der Waals surface area (Å²) in [6, 6.07) is 13.6. The summed E-state index contributed by atoms with van der Waals surface area (Å²) in [5.41, 5.74) is 6.99. The molecule has 2 N–H and O–H groups in total. The second-order valence-electron chi connectivity index (χ2n) is 5.70. The van der Waals surface area contributed by atoms with E-state index in [1.165, 1.54) is 18.6 Å². The van der Waals surface area contributed by atoms with Gasteiger partial charge >= 0.3 is 0 Å². The predicted octanol–water partition coefficient (Wildman–Crippen LogP) is 2.76. The minimum absolute atomic E-state index is 0.225. The van der Waals surface area contributed by atoms with Crippen molar-refractivity contribution in [3.05, 3.63) is 83.8 Å². The summed E-state index contributed by atoms with van der Waals surface area (Å²) in [7, 11) is -2.84. The van der Waals surface area contributed by atoms with Gasteiger partial charge in [-0.25, -0.2) is 9.19 Å². The quantitative estimate of drug-likeness (QED) is 0.694. The topological polar surface area (TPSA) is 98.3 Å². The maximum absolute atomic E-state index is 12.7. The molecule has 0 aliphatic carbocycles. The first-order valence-corrected chi connectivity index (χ1v) is 9.86. The van der Waals surface area contributed by atoms with Gasteiger partial charge < -0.3 is 5.73 Å². The number of aromatic nitrogens is 2. The van der Waals surface area contributed by atoms with E-state index in [9.17, 15) is 9.00 Å². The van der Waals surface area contributed by atoms with Crippen molar-refractivity contribution in [1.29, 1.82) is 0 Å². The van der Waals surface area contributed by atoms with Crippen LogP contribution in [-0.2, 0) is 9.73 Å². The molecule has 1 amide bonds. The van der Waals surface area contributed by atoms with Crippen molar-refractivity contribution in [2.45, 2.75) is 4.90 Å². The van der Waals surface area contributed by atoms with Crippen molar-refractivity contribution < 1.29 is 9.00 Å². The summed E-state index contributed by atoms with van der Waals surface area (Å²) < 4.78 is 16.6. The minimum atomic E-state index is -2.84. The zero-order chi connectivity index (χ0) is 19.3. The van der Waals surface area contributed by atoms with Crippen molar-refractivity contribution in [2.75, 3.05) is 12.0 Å². The Labute approximate surface area is 157 Å². The first-order chi connectivity index (χ1) is 12.9. The van der Waals surface area contributed by atoms with Crippen molar-refractivity contribution in [3.63, 3.8) is 0 Å². The highest BCUT2D eigenvalue weighted by molar-refractivity contribution is 7.93. The number of rotatable bonds is 2. The highest BCUT2D eigenvalue weighted by Crippen LogP contribution is 2.13. The largest absolute Gasteiger partial charge is 0.384 e. The summed E-state index contributed by atoms with van der Waals surface area (Å²) in [6.45, 7) is 0. The maximum Gasteiger partial charge on any atom is 0.286 e. The van der Waals surface area contributed by atoms with Crippen LogP contribution in [0.25, 0.3) is 0 Å². The van der Waals surface area contributed by atoms with E-state index >= 15 is 0 Å². The average Bonchev–Trinajstić information content (AvgIpc) is 2.68. The zero-order valence-electron chi connectivity index (χ0n) is 14.5. The molecule has 0 bridgehead atoms. The van der Waals surface area contributed by atoms with Crippen molar-refractivity contribution in [1.82, 2.24) is 9.97 Å². The molecule has 2 heterocycles. The van der Waals surface area contributed by atoms with Crippen LogP contribution < -0.4 is 5.73 Å². The second kappa shape index (κ2) is 7.81. The Morgan fingerprint density at radius 3 is 2.48 bits per heavy atom. The van der Waals surface area contributed by atoms with E-state index in [1.54, 1.807) is 48.7 Å². The van der Waals surface area contributed by atoms with Gasteiger partial charge in [0.15, 0.2) is 0 Å². The molecular formula is C20H16N4O2S. The van der Waals surface area contributed by atoms with Gasteiger partial charge in [0.25, 0.3) is 5.91 Å². The van der Waals surface area contributed by atoms with Gasteiger partial charge in [0.2, 0.25) is 0 Å². The fourth-order valence-electron chi connectivity index (χ4n) is 2.19. The SMILES string of the molecule is CS(=O)(=NC(=O)c1cncc(C#Cc2ccc(N)nc2)c1)c1ccccc1. The van der Waals surface area contributed by atoms with Crippen LogP contribution in [0.3, 0.4) is 0 Å². The summed E-state index contributed by atoms with van der Waals surface area (Å²) in [5.74, 6) is 5.65. The van der Waals surface area contributed by atoms with Crippen LogP contribution in [-0.4, -0.2) is 26.3 Å². The van der Waals surface area contributed by atoms with Gasteiger partial charge in [-0.2, -0.15) is 4.36 Å². The van der Waals surface area contributed by atoms with E-state index < -0.39 is 15.6 Å². The van der Waals surface area contributed by atoms with E-state index in [0.717, 1.165) is 0 Å². The average molecular weight is 376 g/mol. The number of benzene rings is 1. The van der Waals surface area contributed by atoms with E-state index in [0.29, 0.717) is 21.8 Å². The summed E-state index contributed by atoms with van der Waals surface area (Å²) in [5, 5.41) is 0. The number of pyridine rings is 2. The lowest BCUT2D eigenvalue weighted by atomic mass is 10.2. The third kappa shape index (κ3) is 4.77. The molecule has 134 valence electrons. The fourth-order valence-corrected chi connectivity index (χ4v) is 3.37. The van der Waals surface area contributed by atoms with Crippen LogP contribution in [0.4, 0.5) is 5.82 Å². The maximum atomic E-state index is 12.7. The van der Waals surface area contributed by atoms with E-state index in [1.807, 2.05) is 6.07 Å². The Morgan fingerprint density at radius 2 is 1.78 bits per heavy atom. The standard InChI is InChI=1S/C20H16N4O2S/c1-27(26,18-5-3-2-4-6-18)24-20(25)17-11-16(12-22-14-17)8-7-15-9-10-19(21)23-13-15/h2-6,9-14H,1H3,(H2,21,23). The van der Waals surface area contributed by atoms with Crippen LogP contribution in [0.5, 0.6) is 0 Å². The van der Waals surface area contributed by atoms with Crippen LogP contribution in [0.1, 0.15) is 21.5 Å². The van der Waals surface area contributed by atoms with Gasteiger partial charge in [-0.05, 0) is 30.3 Å². The first kappa shape index (κ1) is 18.3. The number of carbonyl (C=O) groups excluding carboxylic acids is 1. The third-order valence-electron chi connectivity index (χ3n) is 3.56. The number of hydrogen-bond acceptors (Lipinski definition) is 5. The number of carbonyl (C=O) groups is 1. The smallest absolute Gasteiger partial charge is 0.286 e. The molecule has 6 nitrogen and oxygen atoms in total. The molecule has 0 aliphatic heterocycles. The number of nitrogen functional groups attached to an aromatic ring is 1. The molecule has 27 heavy (non-hydrogen) atoms. The number of nitrogens with zero attached hydrogens (tertiary/aromatic N) is 3. The molecule has 2 aromatic heterocycles. The molecule has 1 atom stereocenters. The van der Waals surface area contributed by atoms with Gasteiger partial charge in [-0.1, -0.05) is 30.0 Å².